The van der Waals surface area contributed by atoms with Gasteiger partial charge >= 0.3 is 5.97 Å². The third kappa shape index (κ3) is 3.52. The molecule has 1 N–H and O–H groups in total. The average molecular weight is 370 g/mol. The van der Waals surface area contributed by atoms with Crippen molar-refractivity contribution in [1.82, 2.24) is 4.57 Å². The molecule has 134 valence electrons. The van der Waals surface area contributed by atoms with Crippen LogP contribution < -0.4 is 10.2 Å². The lowest BCUT2D eigenvalue weighted by Crippen LogP contribution is -2.17. The molecule has 0 amide bonds. The van der Waals surface area contributed by atoms with Crippen LogP contribution in [0.3, 0.4) is 0 Å². The van der Waals surface area contributed by atoms with Crippen molar-refractivity contribution in [1.29, 1.82) is 0 Å². The fraction of sp³-hybridized carbons (Fsp3) is 0.211. The highest BCUT2D eigenvalue weighted by Crippen LogP contribution is 2.24. The molecule has 2 heterocycles. The van der Waals surface area contributed by atoms with E-state index in [0.29, 0.717) is 18.5 Å². The van der Waals surface area contributed by atoms with Crippen LogP contribution in [0.15, 0.2) is 46.3 Å². The lowest BCUT2D eigenvalue weighted by molar-refractivity contribution is 0.0695. The number of pyridine rings is 1. The maximum atomic E-state index is 12.4. The third-order valence-corrected chi connectivity index (χ3v) is 4.93. The zero-order valence-electron chi connectivity index (χ0n) is 14.4. The number of carboxylic acids is 1. The maximum Gasteiger partial charge on any atom is 0.341 e. The highest BCUT2D eigenvalue weighted by Gasteiger charge is 2.16. The number of ether oxygens (including phenoxy) is 1. The average Bonchev–Trinajstić information content (AvgIpc) is 3.06. The van der Waals surface area contributed by atoms with Crippen molar-refractivity contribution in [3.63, 3.8) is 0 Å². The molecular weight excluding hydrogens is 352 g/mol. The van der Waals surface area contributed by atoms with Crippen molar-refractivity contribution < 1.29 is 14.6 Å². The number of rotatable bonds is 6. The molecule has 2 aromatic heterocycles. The second-order valence-electron chi connectivity index (χ2n) is 5.52. The Kier molecular flexibility index (Phi) is 5.18. The van der Waals surface area contributed by atoms with Crippen molar-refractivity contribution in [2.45, 2.75) is 20.4 Å². The standard InChI is InChI=1S/C19H18N2O4S/c1-3-21-11-16(19(23)24)17(22)15-9-14(26-18(15)21)10-20-12-5-7-13(8-6-12)25-4-2/h5-11H,3-4H2,1-2H3,(H,23,24). The van der Waals surface area contributed by atoms with E-state index in [4.69, 9.17) is 4.74 Å². The van der Waals surface area contributed by atoms with E-state index in [1.165, 1.54) is 17.5 Å². The largest absolute Gasteiger partial charge is 0.494 e. The Morgan fingerprint density at radius 2 is 2.04 bits per heavy atom. The quantitative estimate of drug-likeness (QED) is 0.667. The fourth-order valence-electron chi connectivity index (χ4n) is 2.58. The number of aromatic nitrogens is 1. The van der Waals surface area contributed by atoms with Crippen molar-refractivity contribution in [3.05, 3.63) is 57.2 Å². The molecule has 0 aliphatic carbocycles. The summed E-state index contributed by atoms with van der Waals surface area (Å²) in [4.78, 5) is 29.6. The van der Waals surface area contributed by atoms with E-state index in [1.807, 2.05) is 38.1 Å². The van der Waals surface area contributed by atoms with Gasteiger partial charge in [-0.05, 0) is 44.2 Å². The molecule has 6 nitrogen and oxygen atoms in total. The summed E-state index contributed by atoms with van der Waals surface area (Å²) in [7, 11) is 0. The zero-order chi connectivity index (χ0) is 18.7. The van der Waals surface area contributed by atoms with Crippen LogP contribution in [0.4, 0.5) is 5.69 Å². The van der Waals surface area contributed by atoms with Crippen LogP contribution in [-0.2, 0) is 6.54 Å². The Hall–Kier alpha value is -2.93. The van der Waals surface area contributed by atoms with Crippen LogP contribution in [0.2, 0.25) is 0 Å². The molecule has 0 saturated carbocycles. The zero-order valence-corrected chi connectivity index (χ0v) is 15.2. The number of benzene rings is 1. The van der Waals surface area contributed by atoms with Gasteiger partial charge in [0.05, 0.1) is 17.7 Å². The van der Waals surface area contributed by atoms with Gasteiger partial charge in [-0.3, -0.25) is 9.79 Å². The summed E-state index contributed by atoms with van der Waals surface area (Å²) in [5.74, 6) is -0.426. The molecule has 3 aromatic rings. The number of aryl methyl sites for hydroxylation is 1. The van der Waals surface area contributed by atoms with Gasteiger partial charge in [-0.2, -0.15) is 0 Å². The highest BCUT2D eigenvalue weighted by molar-refractivity contribution is 7.20. The molecule has 0 spiro atoms. The molecule has 0 aliphatic rings. The first-order valence-corrected chi connectivity index (χ1v) is 9.02. The summed E-state index contributed by atoms with van der Waals surface area (Å²) in [5.41, 5.74) is 0.0872. The number of carbonyl (C=O) groups is 1. The van der Waals surface area contributed by atoms with Crippen LogP contribution >= 0.6 is 11.3 Å². The number of aromatic carboxylic acids is 1. The number of hydrogen-bond donors (Lipinski definition) is 1. The van der Waals surface area contributed by atoms with E-state index < -0.39 is 11.4 Å². The second-order valence-corrected chi connectivity index (χ2v) is 6.58. The SMILES string of the molecule is CCOc1ccc(N=Cc2cc3c(=O)c(C(=O)O)cn(CC)c3s2)cc1. The van der Waals surface area contributed by atoms with E-state index >= 15 is 0 Å². The van der Waals surface area contributed by atoms with E-state index in [2.05, 4.69) is 4.99 Å². The highest BCUT2D eigenvalue weighted by atomic mass is 32.1. The van der Waals surface area contributed by atoms with Gasteiger partial charge < -0.3 is 14.4 Å². The van der Waals surface area contributed by atoms with Crippen LogP contribution in [0.5, 0.6) is 5.75 Å². The molecule has 1 aromatic carbocycles. The molecule has 0 radical (unpaired) electrons. The maximum absolute atomic E-state index is 12.4. The van der Waals surface area contributed by atoms with Crippen LogP contribution in [0.25, 0.3) is 10.2 Å². The third-order valence-electron chi connectivity index (χ3n) is 3.83. The van der Waals surface area contributed by atoms with Gasteiger partial charge in [0.15, 0.2) is 0 Å². The first-order valence-electron chi connectivity index (χ1n) is 8.20. The topological polar surface area (TPSA) is 80.9 Å². The van der Waals surface area contributed by atoms with Gasteiger partial charge in [-0.25, -0.2) is 4.79 Å². The van der Waals surface area contributed by atoms with E-state index in [0.717, 1.165) is 21.1 Å². The summed E-state index contributed by atoms with van der Waals surface area (Å²) in [6.07, 6.45) is 3.08. The first kappa shape index (κ1) is 17.9. The van der Waals surface area contributed by atoms with E-state index in [1.54, 1.807) is 16.8 Å². The smallest absolute Gasteiger partial charge is 0.341 e. The van der Waals surface area contributed by atoms with E-state index in [9.17, 15) is 14.7 Å². The summed E-state index contributed by atoms with van der Waals surface area (Å²) in [5, 5.41) is 9.63. The van der Waals surface area contributed by atoms with Gasteiger partial charge in [0, 0.05) is 23.8 Å². The minimum Gasteiger partial charge on any atom is -0.494 e. The molecule has 0 aliphatic heterocycles. The van der Waals surface area contributed by atoms with Gasteiger partial charge in [0.1, 0.15) is 16.1 Å². The Morgan fingerprint density at radius 1 is 1.31 bits per heavy atom. The predicted molar refractivity (Wildman–Crippen MR) is 104 cm³/mol. The predicted octanol–water partition coefficient (Wildman–Crippen LogP) is 3.93. The molecule has 0 atom stereocenters. The number of nitrogens with zero attached hydrogens (tertiary/aromatic N) is 2. The number of aliphatic imine (C=N–C) groups is 1. The minimum absolute atomic E-state index is 0.216. The van der Waals surface area contributed by atoms with Gasteiger partial charge in [0.25, 0.3) is 0 Å². The number of fused-ring (bicyclic) bond motifs is 1. The molecule has 3 rings (SSSR count). The normalized spacial score (nSPS) is 11.3. The van der Waals surface area contributed by atoms with Crippen LogP contribution in [0, 0.1) is 0 Å². The number of hydrogen-bond acceptors (Lipinski definition) is 5. The van der Waals surface area contributed by atoms with Crippen LogP contribution in [0.1, 0.15) is 29.1 Å². The van der Waals surface area contributed by atoms with Gasteiger partial charge in [-0.1, -0.05) is 0 Å². The van der Waals surface area contributed by atoms with Gasteiger partial charge in [0.2, 0.25) is 5.43 Å². The Morgan fingerprint density at radius 3 is 2.65 bits per heavy atom. The first-order chi connectivity index (χ1) is 12.5. The molecule has 0 fully saturated rings. The van der Waals surface area contributed by atoms with E-state index in [-0.39, 0.29) is 5.56 Å². The number of thiophene rings is 1. The monoisotopic (exact) mass is 370 g/mol. The summed E-state index contributed by atoms with van der Waals surface area (Å²) in [6, 6.07) is 9.09. The molecule has 0 unspecified atom stereocenters. The van der Waals surface area contributed by atoms with Crippen LogP contribution in [-0.4, -0.2) is 28.5 Å². The Labute approximate surface area is 154 Å². The molecule has 7 heteroatoms. The molecular formula is C19H18N2O4S. The van der Waals surface area contributed by atoms with Gasteiger partial charge in [-0.15, -0.1) is 11.3 Å². The summed E-state index contributed by atoms with van der Waals surface area (Å²) >= 11 is 1.41. The Bertz CT molecular complexity index is 1030. The molecule has 0 saturated heterocycles. The lowest BCUT2D eigenvalue weighted by atomic mass is 10.2. The van der Waals surface area contributed by atoms with Crippen molar-refractivity contribution in [3.8, 4) is 5.75 Å². The lowest BCUT2D eigenvalue weighted by Gasteiger charge is -2.05. The van der Waals surface area contributed by atoms with Crippen molar-refractivity contribution in [2.75, 3.05) is 6.61 Å². The molecule has 0 bridgehead atoms. The Balaban J connectivity index is 1.97. The summed E-state index contributed by atoms with van der Waals surface area (Å²) < 4.78 is 7.17. The number of carboxylic acid groups (broad SMARTS) is 1. The van der Waals surface area contributed by atoms with Crippen molar-refractivity contribution >= 4 is 39.4 Å². The fourth-order valence-corrected chi connectivity index (χ4v) is 3.64. The summed E-state index contributed by atoms with van der Waals surface area (Å²) in [6.45, 7) is 5.02. The minimum atomic E-state index is -1.21. The van der Waals surface area contributed by atoms with Crippen molar-refractivity contribution in [2.24, 2.45) is 4.99 Å². The second kappa shape index (κ2) is 7.53. The molecule has 26 heavy (non-hydrogen) atoms.